The highest BCUT2D eigenvalue weighted by atomic mass is 32.2. The van der Waals surface area contributed by atoms with Crippen molar-refractivity contribution in [1.29, 1.82) is 0 Å². The fourth-order valence-electron chi connectivity index (χ4n) is 1.60. The first-order chi connectivity index (χ1) is 9.52. The van der Waals surface area contributed by atoms with E-state index in [1.54, 1.807) is 11.8 Å². The van der Waals surface area contributed by atoms with E-state index in [2.05, 4.69) is 5.32 Å². The lowest BCUT2D eigenvalue weighted by Gasteiger charge is -2.16. The van der Waals surface area contributed by atoms with Crippen LogP contribution in [0.3, 0.4) is 0 Å². The molecule has 3 N–H and O–H groups in total. The van der Waals surface area contributed by atoms with Crippen molar-refractivity contribution in [3.05, 3.63) is 35.4 Å². The Labute approximate surface area is 123 Å². The summed E-state index contributed by atoms with van der Waals surface area (Å²) in [6.45, 7) is 2.18. The molecule has 2 amide bonds. The second kappa shape index (κ2) is 8.47. The second-order valence-corrected chi connectivity index (χ2v) is 5.42. The van der Waals surface area contributed by atoms with Gasteiger partial charge in [-0.2, -0.15) is 11.8 Å². The number of primary amides is 1. The molecule has 0 aliphatic heterocycles. The van der Waals surface area contributed by atoms with Gasteiger partial charge in [-0.15, -0.1) is 0 Å². The molecule has 0 unspecified atom stereocenters. The summed E-state index contributed by atoms with van der Waals surface area (Å²) in [5.41, 5.74) is 7.12. The van der Waals surface area contributed by atoms with E-state index in [9.17, 15) is 9.59 Å². The zero-order valence-corrected chi connectivity index (χ0v) is 12.5. The Hall–Kier alpha value is -1.69. The third kappa shape index (κ3) is 5.97. The zero-order chi connectivity index (χ0) is 15.0. The number of carbonyl (C=O) groups is 2. The summed E-state index contributed by atoms with van der Waals surface area (Å²) in [7, 11) is 0. The van der Waals surface area contributed by atoms with E-state index in [1.165, 1.54) is 0 Å². The Morgan fingerprint density at radius 3 is 2.55 bits per heavy atom. The minimum atomic E-state index is -0.719. The number of nitrogens with two attached hydrogens (primary N) is 1. The minimum absolute atomic E-state index is 0.190. The highest BCUT2D eigenvalue weighted by molar-refractivity contribution is 7.98. The summed E-state index contributed by atoms with van der Waals surface area (Å²) in [5, 5.41) is 2.41. The monoisotopic (exact) mass is 296 g/mol. The van der Waals surface area contributed by atoms with E-state index in [-0.39, 0.29) is 6.61 Å². The van der Waals surface area contributed by atoms with Crippen molar-refractivity contribution >= 4 is 23.8 Å². The Bertz CT molecular complexity index is 448. The number of rotatable bonds is 7. The number of thioether (sulfide) groups is 1. The molecule has 0 bridgehead atoms. The van der Waals surface area contributed by atoms with E-state index < -0.39 is 18.0 Å². The summed E-state index contributed by atoms with van der Waals surface area (Å²) < 4.78 is 5.21. The average molecular weight is 296 g/mol. The van der Waals surface area contributed by atoms with Gasteiger partial charge in [-0.25, -0.2) is 9.59 Å². The van der Waals surface area contributed by atoms with Crippen molar-refractivity contribution < 1.29 is 14.3 Å². The average Bonchev–Trinajstić information content (AvgIpc) is 2.42. The Kier molecular flexibility index (Phi) is 6.93. The van der Waals surface area contributed by atoms with Gasteiger partial charge in [-0.3, -0.25) is 0 Å². The quantitative estimate of drug-likeness (QED) is 0.752. The molecular formula is C14H20N2O3S. The van der Waals surface area contributed by atoms with Crippen LogP contribution >= 0.6 is 11.8 Å². The van der Waals surface area contributed by atoms with Crippen molar-refractivity contribution in [1.82, 2.24) is 5.32 Å². The Balaban J connectivity index is 2.51. The highest BCUT2D eigenvalue weighted by Crippen LogP contribution is 2.07. The molecule has 20 heavy (non-hydrogen) atoms. The first-order valence-electron chi connectivity index (χ1n) is 6.30. The van der Waals surface area contributed by atoms with Gasteiger partial charge in [0.15, 0.2) is 0 Å². The molecule has 0 aromatic heterocycles. The van der Waals surface area contributed by atoms with Crippen LogP contribution in [-0.4, -0.2) is 30.1 Å². The van der Waals surface area contributed by atoms with Crippen LogP contribution in [0, 0.1) is 6.92 Å². The number of urea groups is 1. The number of ether oxygens (including phenoxy) is 1. The van der Waals surface area contributed by atoms with Crippen LogP contribution < -0.4 is 11.1 Å². The molecule has 1 aromatic carbocycles. The molecule has 5 nitrogen and oxygen atoms in total. The normalized spacial score (nSPS) is 11.7. The van der Waals surface area contributed by atoms with Gasteiger partial charge in [0, 0.05) is 0 Å². The Morgan fingerprint density at radius 1 is 1.35 bits per heavy atom. The van der Waals surface area contributed by atoms with Gasteiger partial charge >= 0.3 is 12.0 Å². The molecule has 0 fully saturated rings. The molecule has 110 valence electrons. The molecule has 6 heteroatoms. The van der Waals surface area contributed by atoms with E-state index in [0.717, 1.165) is 16.9 Å². The fourth-order valence-corrected chi connectivity index (χ4v) is 2.07. The summed E-state index contributed by atoms with van der Waals surface area (Å²) in [6, 6.07) is 6.31. The molecule has 0 aliphatic carbocycles. The standard InChI is InChI=1S/C14H20N2O3S/c1-10-3-5-11(6-4-10)9-19-13(17)12(7-8-20-2)16-14(15)18/h3-6,12H,7-9H2,1-2H3,(H3,15,16,18)/t12-/m1/s1. The van der Waals surface area contributed by atoms with Gasteiger partial charge in [0.2, 0.25) is 0 Å². The minimum Gasteiger partial charge on any atom is -0.459 e. The van der Waals surface area contributed by atoms with E-state index in [0.29, 0.717) is 6.42 Å². The number of carbonyl (C=O) groups excluding carboxylic acids is 2. The highest BCUT2D eigenvalue weighted by Gasteiger charge is 2.20. The molecule has 0 radical (unpaired) electrons. The van der Waals surface area contributed by atoms with Crippen LogP contribution in [0.15, 0.2) is 24.3 Å². The largest absolute Gasteiger partial charge is 0.459 e. The van der Waals surface area contributed by atoms with Crippen molar-refractivity contribution in [3.63, 3.8) is 0 Å². The number of amides is 2. The van der Waals surface area contributed by atoms with Gasteiger partial charge in [-0.05, 0) is 30.9 Å². The topological polar surface area (TPSA) is 81.4 Å². The molecule has 1 aromatic rings. The number of aryl methyl sites for hydroxylation is 1. The molecular weight excluding hydrogens is 276 g/mol. The molecule has 0 aliphatic rings. The first-order valence-corrected chi connectivity index (χ1v) is 7.69. The number of benzene rings is 1. The van der Waals surface area contributed by atoms with Gasteiger partial charge in [0.25, 0.3) is 0 Å². The molecule has 0 saturated carbocycles. The van der Waals surface area contributed by atoms with Gasteiger partial charge in [-0.1, -0.05) is 29.8 Å². The van der Waals surface area contributed by atoms with Crippen LogP contribution in [0.2, 0.25) is 0 Å². The second-order valence-electron chi connectivity index (χ2n) is 4.44. The lowest BCUT2D eigenvalue weighted by atomic mass is 10.2. The summed E-state index contributed by atoms with van der Waals surface area (Å²) >= 11 is 1.59. The van der Waals surface area contributed by atoms with Crippen molar-refractivity contribution in [2.45, 2.75) is 26.0 Å². The molecule has 0 spiro atoms. The maximum atomic E-state index is 11.9. The van der Waals surface area contributed by atoms with Crippen LogP contribution in [0.25, 0.3) is 0 Å². The van der Waals surface area contributed by atoms with Crippen LogP contribution in [0.5, 0.6) is 0 Å². The predicted molar refractivity (Wildman–Crippen MR) is 80.5 cm³/mol. The number of hydrogen-bond acceptors (Lipinski definition) is 4. The SMILES string of the molecule is CSCC[C@@H](NC(N)=O)C(=O)OCc1ccc(C)cc1. The van der Waals surface area contributed by atoms with Gasteiger partial charge < -0.3 is 15.8 Å². The van der Waals surface area contributed by atoms with Crippen LogP contribution in [0.4, 0.5) is 4.79 Å². The van der Waals surface area contributed by atoms with E-state index in [4.69, 9.17) is 10.5 Å². The lowest BCUT2D eigenvalue weighted by Crippen LogP contribution is -2.44. The third-order valence-electron chi connectivity index (χ3n) is 2.71. The van der Waals surface area contributed by atoms with Crippen LogP contribution in [0.1, 0.15) is 17.5 Å². The Morgan fingerprint density at radius 2 is 2.00 bits per heavy atom. The van der Waals surface area contributed by atoms with E-state index >= 15 is 0 Å². The zero-order valence-electron chi connectivity index (χ0n) is 11.7. The third-order valence-corrected chi connectivity index (χ3v) is 3.36. The number of nitrogens with one attached hydrogen (secondary N) is 1. The molecule has 1 rings (SSSR count). The molecule has 1 atom stereocenters. The fraction of sp³-hybridized carbons (Fsp3) is 0.429. The lowest BCUT2D eigenvalue weighted by molar-refractivity contribution is -0.147. The maximum Gasteiger partial charge on any atom is 0.329 e. The summed E-state index contributed by atoms with van der Waals surface area (Å²) in [6.07, 6.45) is 2.43. The van der Waals surface area contributed by atoms with Gasteiger partial charge in [0.1, 0.15) is 12.6 Å². The number of hydrogen-bond donors (Lipinski definition) is 2. The predicted octanol–water partition coefficient (Wildman–Crippen LogP) is 1.83. The van der Waals surface area contributed by atoms with Crippen LogP contribution in [-0.2, 0) is 16.1 Å². The van der Waals surface area contributed by atoms with Crippen molar-refractivity contribution in [2.75, 3.05) is 12.0 Å². The van der Waals surface area contributed by atoms with Crippen molar-refractivity contribution in [2.24, 2.45) is 5.73 Å². The summed E-state index contributed by atoms with van der Waals surface area (Å²) in [4.78, 5) is 22.8. The molecule has 0 heterocycles. The smallest absolute Gasteiger partial charge is 0.329 e. The van der Waals surface area contributed by atoms with E-state index in [1.807, 2.05) is 37.4 Å². The van der Waals surface area contributed by atoms with Crippen molar-refractivity contribution in [3.8, 4) is 0 Å². The summed E-state index contributed by atoms with van der Waals surface area (Å²) in [5.74, 6) is 0.281. The first kappa shape index (κ1) is 16.4. The van der Waals surface area contributed by atoms with Gasteiger partial charge in [0.05, 0.1) is 0 Å². The maximum absolute atomic E-state index is 11.9. The number of esters is 1. The molecule has 0 saturated heterocycles.